The summed E-state index contributed by atoms with van der Waals surface area (Å²) in [7, 11) is 0. The van der Waals surface area contributed by atoms with Crippen molar-refractivity contribution in [2.24, 2.45) is 4.99 Å². The lowest BCUT2D eigenvalue weighted by atomic mass is 9.93. The summed E-state index contributed by atoms with van der Waals surface area (Å²) in [5, 5.41) is 3.99. The van der Waals surface area contributed by atoms with Gasteiger partial charge < -0.3 is 10.2 Å². The average Bonchev–Trinajstić information content (AvgIpc) is 3.40. The number of carbonyl (C=O) groups is 2. The highest BCUT2D eigenvalue weighted by molar-refractivity contribution is 9.10. The van der Waals surface area contributed by atoms with Crippen LogP contribution in [-0.4, -0.2) is 23.6 Å². The van der Waals surface area contributed by atoms with Gasteiger partial charge >= 0.3 is 0 Å². The van der Waals surface area contributed by atoms with Crippen molar-refractivity contribution in [2.45, 2.75) is 70.4 Å². The molecule has 0 bridgehead atoms. The molecule has 2 heterocycles. The maximum absolute atomic E-state index is 13.8. The Morgan fingerprint density at radius 1 is 1.03 bits per heavy atom. The van der Waals surface area contributed by atoms with Crippen molar-refractivity contribution in [1.82, 2.24) is 5.32 Å². The van der Waals surface area contributed by atoms with E-state index in [1.165, 1.54) is 24.1 Å². The Bertz CT molecular complexity index is 1370. The Morgan fingerprint density at radius 3 is 2.62 bits per heavy atom. The second kappa shape index (κ2) is 10.5. The van der Waals surface area contributed by atoms with Gasteiger partial charge in [-0.3, -0.25) is 9.59 Å². The van der Waals surface area contributed by atoms with Gasteiger partial charge in [-0.1, -0.05) is 65.5 Å². The van der Waals surface area contributed by atoms with Crippen molar-refractivity contribution in [2.75, 3.05) is 4.90 Å². The molecule has 1 aromatic heterocycles. The van der Waals surface area contributed by atoms with E-state index in [2.05, 4.69) is 21.2 Å². The Kier molecular flexibility index (Phi) is 7.00. The molecule has 3 aromatic rings. The Hall–Kier alpha value is -2.77. The zero-order valence-corrected chi connectivity index (χ0v) is 23.2. The number of rotatable bonds is 5. The Balaban J connectivity index is 1.40. The number of nitrogens with one attached hydrogen (secondary N) is 1. The molecule has 1 N–H and O–H groups in total. The van der Waals surface area contributed by atoms with Crippen LogP contribution in [0.15, 0.2) is 58.0 Å². The van der Waals surface area contributed by atoms with Crippen LogP contribution in [0.2, 0.25) is 0 Å². The van der Waals surface area contributed by atoms with Gasteiger partial charge in [0.2, 0.25) is 0 Å². The molecule has 1 aliphatic heterocycles. The number of anilines is 1. The highest BCUT2D eigenvalue weighted by Crippen LogP contribution is 2.42. The standard InChI is InChI=1S/C30H30BrN3O2S/c31-20-15-16-24-23(17-20)27(30(36)34(24)18-19-9-3-1-4-10-19)33-29-26(22-13-7-8-14-25(22)37-29)28(35)32-21-11-5-2-6-12-21/h1,3-4,9-10,15-17,21H,2,5-8,11-14,18H2,(H,32,35). The van der Waals surface area contributed by atoms with Crippen LogP contribution in [0.5, 0.6) is 0 Å². The predicted octanol–water partition coefficient (Wildman–Crippen LogP) is 7.12. The first-order valence-electron chi connectivity index (χ1n) is 13.3. The van der Waals surface area contributed by atoms with Gasteiger partial charge in [0.15, 0.2) is 0 Å². The smallest absolute Gasteiger partial charge is 0.277 e. The van der Waals surface area contributed by atoms with Crippen LogP contribution in [0.4, 0.5) is 10.7 Å². The number of thiophene rings is 1. The number of amides is 2. The van der Waals surface area contributed by atoms with Crippen LogP contribution in [0.3, 0.4) is 0 Å². The number of nitrogens with zero attached hydrogens (tertiary/aromatic N) is 2. The molecule has 0 saturated heterocycles. The van der Waals surface area contributed by atoms with E-state index in [4.69, 9.17) is 4.99 Å². The van der Waals surface area contributed by atoms with E-state index in [1.54, 1.807) is 16.2 Å². The first kappa shape index (κ1) is 24.6. The fourth-order valence-electron chi connectivity index (χ4n) is 5.79. The fraction of sp³-hybridized carbons (Fsp3) is 0.367. The maximum Gasteiger partial charge on any atom is 0.277 e. The molecule has 7 heteroatoms. The molecule has 190 valence electrons. The first-order valence-corrected chi connectivity index (χ1v) is 14.9. The number of halogens is 1. The normalized spacial score (nSPS) is 18.7. The van der Waals surface area contributed by atoms with Crippen molar-refractivity contribution in [3.8, 4) is 0 Å². The van der Waals surface area contributed by atoms with E-state index >= 15 is 0 Å². The second-order valence-electron chi connectivity index (χ2n) is 10.2. The molecule has 5 nitrogen and oxygen atoms in total. The van der Waals surface area contributed by atoms with Gasteiger partial charge in [-0.25, -0.2) is 4.99 Å². The SMILES string of the molecule is O=C(NC1CCCCC1)c1c(N=C2C(=O)N(Cc3ccccc3)c3ccc(Br)cc32)sc2c1CCCC2. The summed E-state index contributed by atoms with van der Waals surface area (Å²) in [6, 6.07) is 16.1. The fourth-order valence-corrected chi connectivity index (χ4v) is 7.41. The molecule has 0 spiro atoms. The van der Waals surface area contributed by atoms with Crippen molar-refractivity contribution >= 4 is 55.5 Å². The van der Waals surface area contributed by atoms with E-state index in [-0.39, 0.29) is 17.9 Å². The number of hydrogen-bond donors (Lipinski definition) is 1. The van der Waals surface area contributed by atoms with Crippen molar-refractivity contribution in [3.05, 3.63) is 80.1 Å². The third kappa shape index (κ3) is 4.91. The number of aryl methyl sites for hydroxylation is 1. The highest BCUT2D eigenvalue weighted by atomic mass is 79.9. The van der Waals surface area contributed by atoms with Gasteiger partial charge in [0.25, 0.3) is 11.8 Å². The number of carbonyl (C=O) groups excluding carboxylic acids is 2. The van der Waals surface area contributed by atoms with Gasteiger partial charge in [-0.15, -0.1) is 11.3 Å². The van der Waals surface area contributed by atoms with Crippen molar-refractivity contribution in [1.29, 1.82) is 0 Å². The monoisotopic (exact) mass is 575 g/mol. The van der Waals surface area contributed by atoms with Crippen LogP contribution in [0.1, 0.15) is 76.9 Å². The van der Waals surface area contributed by atoms with Crippen molar-refractivity contribution in [3.63, 3.8) is 0 Å². The molecular weight excluding hydrogens is 546 g/mol. The van der Waals surface area contributed by atoms with Gasteiger partial charge in [-0.2, -0.15) is 0 Å². The molecule has 0 unspecified atom stereocenters. The third-order valence-electron chi connectivity index (χ3n) is 7.67. The number of benzene rings is 2. The van der Waals surface area contributed by atoms with E-state index in [9.17, 15) is 9.59 Å². The molecular formula is C30H30BrN3O2S. The minimum absolute atomic E-state index is 0.0216. The number of aliphatic imine (C=N–C) groups is 1. The number of hydrogen-bond acceptors (Lipinski definition) is 4. The van der Waals surface area contributed by atoms with Gasteiger partial charge in [0.05, 0.1) is 17.8 Å². The van der Waals surface area contributed by atoms with Crippen LogP contribution in [0, 0.1) is 0 Å². The molecule has 6 rings (SSSR count). The van der Waals surface area contributed by atoms with E-state index in [0.717, 1.165) is 65.4 Å². The second-order valence-corrected chi connectivity index (χ2v) is 12.2. The average molecular weight is 577 g/mol. The van der Waals surface area contributed by atoms with E-state index in [0.29, 0.717) is 22.8 Å². The first-order chi connectivity index (χ1) is 18.1. The molecule has 37 heavy (non-hydrogen) atoms. The summed E-state index contributed by atoms with van der Waals surface area (Å²) in [6.07, 6.45) is 9.75. The van der Waals surface area contributed by atoms with Crippen LogP contribution in [-0.2, 0) is 24.2 Å². The molecule has 3 aliphatic rings. The van der Waals surface area contributed by atoms with Gasteiger partial charge in [0.1, 0.15) is 10.7 Å². The maximum atomic E-state index is 13.8. The quantitative estimate of drug-likeness (QED) is 0.352. The minimum atomic E-state index is -0.123. The summed E-state index contributed by atoms with van der Waals surface area (Å²) in [4.78, 5) is 35.5. The molecule has 2 amide bonds. The van der Waals surface area contributed by atoms with Gasteiger partial charge in [-0.05, 0) is 67.9 Å². The van der Waals surface area contributed by atoms with Crippen LogP contribution in [0.25, 0.3) is 0 Å². The zero-order chi connectivity index (χ0) is 25.4. The molecule has 2 aromatic carbocycles. The minimum Gasteiger partial charge on any atom is -0.349 e. The summed E-state index contributed by atoms with van der Waals surface area (Å²) < 4.78 is 0.897. The molecule has 2 aliphatic carbocycles. The lowest BCUT2D eigenvalue weighted by Crippen LogP contribution is -2.36. The van der Waals surface area contributed by atoms with E-state index in [1.807, 2.05) is 48.5 Å². The van der Waals surface area contributed by atoms with Crippen LogP contribution < -0.4 is 10.2 Å². The predicted molar refractivity (Wildman–Crippen MR) is 153 cm³/mol. The Labute approximate surface area is 230 Å². The van der Waals surface area contributed by atoms with E-state index < -0.39 is 0 Å². The largest absolute Gasteiger partial charge is 0.349 e. The van der Waals surface area contributed by atoms with Crippen LogP contribution >= 0.6 is 27.3 Å². The lowest BCUT2D eigenvalue weighted by molar-refractivity contribution is -0.112. The molecule has 0 atom stereocenters. The highest BCUT2D eigenvalue weighted by Gasteiger charge is 2.36. The third-order valence-corrected chi connectivity index (χ3v) is 9.35. The van der Waals surface area contributed by atoms with Crippen molar-refractivity contribution < 1.29 is 9.59 Å². The van der Waals surface area contributed by atoms with Gasteiger partial charge in [0, 0.05) is 21.0 Å². The summed E-state index contributed by atoms with van der Waals surface area (Å²) in [6.45, 7) is 0.475. The molecule has 1 fully saturated rings. The molecule has 0 radical (unpaired) electrons. The zero-order valence-electron chi connectivity index (χ0n) is 20.8. The summed E-state index contributed by atoms with van der Waals surface area (Å²) >= 11 is 5.17. The summed E-state index contributed by atoms with van der Waals surface area (Å²) in [5.41, 5.74) is 4.97. The number of fused-ring (bicyclic) bond motifs is 2. The summed E-state index contributed by atoms with van der Waals surface area (Å²) in [5.74, 6) is -0.145. The molecule has 1 saturated carbocycles. The topological polar surface area (TPSA) is 61.8 Å². The Morgan fingerprint density at radius 2 is 1.81 bits per heavy atom. The lowest BCUT2D eigenvalue weighted by Gasteiger charge is -2.23.